The number of ether oxygens (including phenoxy) is 1. The Balaban J connectivity index is 1.83. The Morgan fingerprint density at radius 1 is 1.16 bits per heavy atom. The lowest BCUT2D eigenvalue weighted by Crippen LogP contribution is -2.26. The highest BCUT2D eigenvalue weighted by Crippen LogP contribution is 2.18. The van der Waals surface area contributed by atoms with Crippen molar-refractivity contribution in [2.45, 2.75) is 39.8 Å². The van der Waals surface area contributed by atoms with Crippen LogP contribution in [0.3, 0.4) is 0 Å². The van der Waals surface area contributed by atoms with Crippen molar-refractivity contribution in [3.05, 3.63) is 64.6 Å². The molecule has 2 aromatic rings. The van der Waals surface area contributed by atoms with E-state index in [2.05, 4.69) is 19.2 Å². The number of aromatic nitrogens is 1. The van der Waals surface area contributed by atoms with Crippen LogP contribution < -0.4 is 15.6 Å². The first-order valence-electron chi connectivity index (χ1n) is 8.69. The van der Waals surface area contributed by atoms with Crippen molar-refractivity contribution in [3.8, 4) is 5.75 Å². The first-order chi connectivity index (χ1) is 12.1. The quantitative estimate of drug-likeness (QED) is 0.762. The van der Waals surface area contributed by atoms with Gasteiger partial charge in [0.25, 0.3) is 5.56 Å². The molecular weight excluding hydrogens is 316 g/mol. The van der Waals surface area contributed by atoms with Crippen LogP contribution in [-0.2, 0) is 17.9 Å². The SMILES string of the molecule is CC(C)CCOc1ccccc1CNC(=O)CCn1ccccc1=O. The van der Waals surface area contributed by atoms with Gasteiger partial charge < -0.3 is 14.6 Å². The highest BCUT2D eigenvalue weighted by Gasteiger charge is 2.07. The minimum absolute atomic E-state index is 0.0901. The third-order valence-electron chi connectivity index (χ3n) is 3.88. The summed E-state index contributed by atoms with van der Waals surface area (Å²) in [5.41, 5.74) is 0.857. The molecule has 0 saturated heterocycles. The van der Waals surface area contributed by atoms with Crippen molar-refractivity contribution in [1.29, 1.82) is 0 Å². The lowest BCUT2D eigenvalue weighted by atomic mass is 10.1. The third-order valence-corrected chi connectivity index (χ3v) is 3.88. The number of carbonyl (C=O) groups is 1. The maximum Gasteiger partial charge on any atom is 0.250 e. The van der Waals surface area contributed by atoms with E-state index >= 15 is 0 Å². The number of nitrogens with one attached hydrogen (secondary N) is 1. The van der Waals surface area contributed by atoms with E-state index in [4.69, 9.17) is 4.74 Å². The zero-order valence-corrected chi connectivity index (χ0v) is 14.9. The van der Waals surface area contributed by atoms with Gasteiger partial charge >= 0.3 is 0 Å². The molecule has 0 radical (unpaired) electrons. The number of amides is 1. The molecule has 0 aliphatic carbocycles. The molecule has 0 fully saturated rings. The maximum atomic E-state index is 12.0. The summed E-state index contributed by atoms with van der Waals surface area (Å²) >= 11 is 0. The molecule has 0 spiro atoms. The molecule has 134 valence electrons. The summed E-state index contributed by atoms with van der Waals surface area (Å²) in [4.78, 5) is 23.7. The fourth-order valence-corrected chi connectivity index (χ4v) is 2.34. The van der Waals surface area contributed by atoms with E-state index < -0.39 is 0 Å². The van der Waals surface area contributed by atoms with Crippen LogP contribution in [0.15, 0.2) is 53.5 Å². The Morgan fingerprint density at radius 3 is 2.68 bits per heavy atom. The summed E-state index contributed by atoms with van der Waals surface area (Å²) in [5.74, 6) is 1.31. The van der Waals surface area contributed by atoms with Crippen LogP contribution in [0.1, 0.15) is 32.3 Å². The molecule has 25 heavy (non-hydrogen) atoms. The monoisotopic (exact) mass is 342 g/mol. The Hall–Kier alpha value is -2.56. The Bertz CT molecular complexity index is 737. The van der Waals surface area contributed by atoms with Gasteiger partial charge in [0.05, 0.1) is 6.61 Å². The second kappa shape index (κ2) is 9.67. The number of nitrogens with zero attached hydrogens (tertiary/aromatic N) is 1. The summed E-state index contributed by atoms with van der Waals surface area (Å²) in [5, 5.41) is 2.89. The molecule has 1 heterocycles. The lowest BCUT2D eigenvalue weighted by Gasteiger charge is -2.13. The topological polar surface area (TPSA) is 60.3 Å². The van der Waals surface area contributed by atoms with Gasteiger partial charge in [0, 0.05) is 37.3 Å². The second-order valence-electron chi connectivity index (χ2n) is 6.40. The van der Waals surface area contributed by atoms with Crippen LogP contribution in [0.25, 0.3) is 0 Å². The van der Waals surface area contributed by atoms with Crippen LogP contribution >= 0.6 is 0 Å². The molecule has 1 aromatic carbocycles. The average Bonchev–Trinajstić information content (AvgIpc) is 2.60. The van der Waals surface area contributed by atoms with E-state index in [1.165, 1.54) is 10.6 Å². The van der Waals surface area contributed by atoms with Crippen LogP contribution in [0.2, 0.25) is 0 Å². The minimum atomic E-state index is -0.0980. The first kappa shape index (κ1) is 18.8. The summed E-state index contributed by atoms with van der Waals surface area (Å²) < 4.78 is 7.36. The van der Waals surface area contributed by atoms with E-state index in [0.29, 0.717) is 25.6 Å². The molecule has 0 unspecified atom stereocenters. The number of hydrogen-bond acceptors (Lipinski definition) is 3. The highest BCUT2D eigenvalue weighted by atomic mass is 16.5. The summed E-state index contributed by atoms with van der Waals surface area (Å²) in [6, 6.07) is 12.7. The number of hydrogen-bond donors (Lipinski definition) is 1. The number of benzene rings is 1. The summed E-state index contributed by atoms with van der Waals surface area (Å²) in [6.45, 7) is 5.78. The second-order valence-corrected chi connectivity index (χ2v) is 6.40. The van der Waals surface area contributed by atoms with Crippen molar-refractivity contribution < 1.29 is 9.53 Å². The Morgan fingerprint density at radius 2 is 1.92 bits per heavy atom. The predicted octanol–water partition coefficient (Wildman–Crippen LogP) is 2.98. The van der Waals surface area contributed by atoms with Crippen LogP contribution in [0, 0.1) is 5.92 Å². The van der Waals surface area contributed by atoms with Crippen molar-refractivity contribution >= 4 is 5.91 Å². The summed E-state index contributed by atoms with van der Waals surface area (Å²) in [7, 11) is 0. The van der Waals surface area contributed by atoms with Gasteiger partial charge in [-0.3, -0.25) is 9.59 Å². The molecule has 5 nitrogen and oxygen atoms in total. The van der Waals surface area contributed by atoms with Gasteiger partial charge in [-0.05, 0) is 24.5 Å². The molecule has 2 rings (SSSR count). The van der Waals surface area contributed by atoms with Crippen molar-refractivity contribution in [2.24, 2.45) is 5.92 Å². The van der Waals surface area contributed by atoms with Crippen LogP contribution in [-0.4, -0.2) is 17.1 Å². The van der Waals surface area contributed by atoms with E-state index in [9.17, 15) is 9.59 Å². The van der Waals surface area contributed by atoms with Crippen molar-refractivity contribution in [1.82, 2.24) is 9.88 Å². The van der Waals surface area contributed by atoms with Gasteiger partial charge in [-0.15, -0.1) is 0 Å². The van der Waals surface area contributed by atoms with E-state index in [0.717, 1.165) is 17.7 Å². The first-order valence-corrected chi connectivity index (χ1v) is 8.69. The van der Waals surface area contributed by atoms with Crippen molar-refractivity contribution in [2.75, 3.05) is 6.61 Å². The molecule has 0 saturated carbocycles. The molecule has 1 N–H and O–H groups in total. The van der Waals surface area contributed by atoms with Gasteiger partial charge in [0.1, 0.15) is 5.75 Å². The van der Waals surface area contributed by atoms with E-state index in [1.807, 2.05) is 24.3 Å². The maximum absolute atomic E-state index is 12.0. The molecule has 1 amide bonds. The van der Waals surface area contributed by atoms with Gasteiger partial charge in [-0.1, -0.05) is 38.1 Å². The number of aryl methyl sites for hydroxylation is 1. The Labute approximate surface area is 148 Å². The largest absolute Gasteiger partial charge is 0.493 e. The number of pyridine rings is 1. The fourth-order valence-electron chi connectivity index (χ4n) is 2.34. The molecule has 0 atom stereocenters. The van der Waals surface area contributed by atoms with Gasteiger partial charge in [-0.2, -0.15) is 0 Å². The number of para-hydroxylation sites is 1. The summed E-state index contributed by atoms with van der Waals surface area (Å²) in [6.07, 6.45) is 2.94. The van der Waals surface area contributed by atoms with Crippen LogP contribution in [0.4, 0.5) is 0 Å². The molecule has 0 aliphatic rings. The zero-order valence-electron chi connectivity index (χ0n) is 14.9. The average molecular weight is 342 g/mol. The Kier molecular flexibility index (Phi) is 7.26. The fraction of sp³-hybridized carbons (Fsp3) is 0.400. The molecule has 1 aromatic heterocycles. The standard InChI is InChI=1S/C20H26N2O3/c1-16(2)11-14-25-18-8-4-3-7-17(18)15-21-19(23)10-13-22-12-6-5-9-20(22)24/h3-9,12,16H,10-11,13-15H2,1-2H3,(H,21,23). The predicted molar refractivity (Wildman–Crippen MR) is 98.6 cm³/mol. The van der Waals surface area contributed by atoms with Gasteiger partial charge in [0.15, 0.2) is 0 Å². The number of rotatable bonds is 9. The molecule has 5 heteroatoms. The molecule has 0 bridgehead atoms. The van der Waals surface area contributed by atoms with Crippen LogP contribution in [0.5, 0.6) is 5.75 Å². The lowest BCUT2D eigenvalue weighted by molar-refractivity contribution is -0.121. The van der Waals surface area contributed by atoms with Gasteiger partial charge in [-0.25, -0.2) is 0 Å². The van der Waals surface area contributed by atoms with E-state index in [1.54, 1.807) is 18.3 Å². The van der Waals surface area contributed by atoms with Gasteiger partial charge in [0.2, 0.25) is 5.91 Å². The van der Waals surface area contributed by atoms with E-state index in [-0.39, 0.29) is 17.9 Å². The minimum Gasteiger partial charge on any atom is -0.493 e. The normalized spacial score (nSPS) is 10.7. The number of carbonyl (C=O) groups excluding carboxylic acids is 1. The zero-order chi connectivity index (χ0) is 18.1. The molecule has 0 aliphatic heterocycles. The molecular formula is C20H26N2O3. The third kappa shape index (κ3) is 6.45. The van der Waals surface area contributed by atoms with Crippen molar-refractivity contribution in [3.63, 3.8) is 0 Å². The smallest absolute Gasteiger partial charge is 0.250 e. The highest BCUT2D eigenvalue weighted by molar-refractivity contribution is 5.75.